The number of Topliss-reactive ketones (excluding diaryl/α,β-unsaturated/α-hetero) is 1. The van der Waals surface area contributed by atoms with Gasteiger partial charge in [0, 0.05) is 18.0 Å². The Balaban J connectivity index is 2.61. The Kier molecular flexibility index (Phi) is 6.34. The minimum Gasteiger partial charge on any atom is -0.480 e. The van der Waals surface area contributed by atoms with Crippen LogP contribution in [0.3, 0.4) is 0 Å². The molecule has 1 heterocycles. The fourth-order valence-corrected chi connectivity index (χ4v) is 2.02. The first-order chi connectivity index (χ1) is 9.95. The summed E-state index contributed by atoms with van der Waals surface area (Å²) in [7, 11) is 0. The molecule has 21 heavy (non-hydrogen) atoms. The van der Waals surface area contributed by atoms with Crippen LogP contribution in [0.5, 0.6) is 0 Å². The van der Waals surface area contributed by atoms with E-state index >= 15 is 0 Å². The Hall–Kier alpha value is -2.42. The van der Waals surface area contributed by atoms with Crippen molar-refractivity contribution >= 4 is 35.2 Å². The number of rotatable bonds is 8. The van der Waals surface area contributed by atoms with Gasteiger partial charge in [-0.25, -0.2) is 9.78 Å². The fraction of sp³-hybridized carbons (Fsp3) is 0.364. The van der Waals surface area contributed by atoms with Crippen molar-refractivity contribution in [2.24, 2.45) is 0 Å². The highest BCUT2D eigenvalue weighted by Gasteiger charge is 2.26. The molecule has 9 nitrogen and oxygen atoms in total. The second kappa shape index (κ2) is 8.00. The molecule has 0 saturated carbocycles. The van der Waals surface area contributed by atoms with E-state index in [0.29, 0.717) is 6.21 Å². The smallest absolute Gasteiger partial charge is 0.326 e. The normalized spacial score (nSPS) is 12.8. The van der Waals surface area contributed by atoms with Crippen LogP contribution in [-0.4, -0.2) is 49.9 Å². The van der Waals surface area contributed by atoms with Gasteiger partial charge in [-0.1, -0.05) is 0 Å². The predicted octanol–water partition coefficient (Wildman–Crippen LogP) is -0.604. The molecule has 0 spiro atoms. The number of carboxylic acids is 1. The SMILES string of the molecule is [N-]=[N+]=CC(=O)CC[C@H](NC(=O)[C@H](O)c1nccs1)C(=O)O. The Morgan fingerprint density at radius 3 is 2.76 bits per heavy atom. The quantitative estimate of drug-likeness (QED) is 0.331. The molecule has 3 N–H and O–H groups in total. The Morgan fingerprint density at radius 1 is 1.52 bits per heavy atom. The van der Waals surface area contributed by atoms with Crippen LogP contribution in [0.2, 0.25) is 0 Å². The lowest BCUT2D eigenvalue weighted by atomic mass is 10.1. The monoisotopic (exact) mass is 312 g/mol. The summed E-state index contributed by atoms with van der Waals surface area (Å²) in [6.07, 6.45) is 0.0514. The molecular weight excluding hydrogens is 300 g/mol. The highest BCUT2D eigenvalue weighted by molar-refractivity contribution is 7.09. The van der Waals surface area contributed by atoms with E-state index in [9.17, 15) is 19.5 Å². The van der Waals surface area contributed by atoms with E-state index in [1.54, 1.807) is 5.38 Å². The summed E-state index contributed by atoms with van der Waals surface area (Å²) in [5, 5.41) is 22.5. The lowest BCUT2D eigenvalue weighted by Crippen LogP contribution is -2.43. The number of ketones is 1. The maximum Gasteiger partial charge on any atom is 0.326 e. The molecule has 0 bridgehead atoms. The van der Waals surface area contributed by atoms with Crippen LogP contribution in [0.25, 0.3) is 5.53 Å². The van der Waals surface area contributed by atoms with Crippen molar-refractivity contribution in [2.75, 3.05) is 0 Å². The third-order valence-corrected chi connectivity index (χ3v) is 3.26. The molecule has 1 aromatic heterocycles. The number of hydrogen-bond acceptors (Lipinski definition) is 6. The summed E-state index contributed by atoms with van der Waals surface area (Å²) in [6, 6.07) is -1.34. The van der Waals surface area contributed by atoms with E-state index in [-0.39, 0.29) is 17.8 Å². The number of carboxylic acid groups (broad SMARTS) is 1. The maximum atomic E-state index is 11.7. The number of carbonyl (C=O) groups excluding carboxylic acids is 2. The van der Waals surface area contributed by atoms with E-state index < -0.39 is 29.8 Å². The van der Waals surface area contributed by atoms with Gasteiger partial charge in [0.1, 0.15) is 11.0 Å². The third kappa shape index (κ3) is 5.22. The Labute approximate surface area is 122 Å². The first-order valence-electron chi connectivity index (χ1n) is 5.76. The van der Waals surface area contributed by atoms with Crippen molar-refractivity contribution in [2.45, 2.75) is 25.0 Å². The fourth-order valence-electron chi connectivity index (χ4n) is 1.41. The zero-order chi connectivity index (χ0) is 15.8. The van der Waals surface area contributed by atoms with Crippen LogP contribution in [-0.2, 0) is 14.4 Å². The Morgan fingerprint density at radius 2 is 2.24 bits per heavy atom. The van der Waals surface area contributed by atoms with Gasteiger partial charge in [0.05, 0.1) is 0 Å². The molecule has 0 unspecified atom stereocenters. The number of amides is 1. The molecule has 0 aliphatic heterocycles. The molecule has 2 atom stereocenters. The van der Waals surface area contributed by atoms with Gasteiger partial charge < -0.3 is 21.1 Å². The third-order valence-electron chi connectivity index (χ3n) is 2.43. The van der Waals surface area contributed by atoms with Crippen molar-refractivity contribution < 1.29 is 29.4 Å². The van der Waals surface area contributed by atoms with Gasteiger partial charge in [0.25, 0.3) is 5.91 Å². The zero-order valence-electron chi connectivity index (χ0n) is 10.7. The lowest BCUT2D eigenvalue weighted by Gasteiger charge is -2.15. The molecule has 1 rings (SSSR count). The predicted molar refractivity (Wildman–Crippen MR) is 70.6 cm³/mol. The standard InChI is InChI=1S/C11H12N4O5S/c12-14-5-6(16)1-2-7(11(19)20)15-9(18)8(17)10-13-3-4-21-10/h3-5,7-8,17H,1-2H2,(H,15,18)(H,19,20)/t7-,8-/m0/s1. The minimum absolute atomic E-state index is 0.139. The number of nitrogens with zero attached hydrogens (tertiary/aromatic N) is 3. The number of nitrogens with one attached hydrogen (secondary N) is 1. The summed E-state index contributed by atoms with van der Waals surface area (Å²) < 4.78 is 0. The molecule has 1 aromatic rings. The van der Waals surface area contributed by atoms with Gasteiger partial charge in [-0.3, -0.25) is 9.59 Å². The number of thiazole rings is 1. The Bertz CT molecular complexity index is 567. The van der Waals surface area contributed by atoms with E-state index in [2.05, 4.69) is 15.1 Å². The second-order valence-corrected chi connectivity index (χ2v) is 4.85. The largest absolute Gasteiger partial charge is 0.480 e. The number of aliphatic carboxylic acids is 1. The van der Waals surface area contributed by atoms with Gasteiger partial charge in [-0.2, -0.15) is 4.79 Å². The van der Waals surface area contributed by atoms with Gasteiger partial charge in [-0.15, -0.1) is 11.3 Å². The lowest BCUT2D eigenvalue weighted by molar-refractivity contribution is -0.143. The minimum atomic E-state index is -1.57. The summed E-state index contributed by atoms with van der Waals surface area (Å²) in [5.74, 6) is -2.84. The van der Waals surface area contributed by atoms with Crippen LogP contribution in [0, 0.1) is 0 Å². The van der Waals surface area contributed by atoms with Gasteiger partial charge in [-0.05, 0) is 6.42 Å². The van der Waals surface area contributed by atoms with E-state index in [1.165, 1.54) is 6.20 Å². The molecule has 0 fully saturated rings. The highest BCUT2D eigenvalue weighted by Crippen LogP contribution is 2.15. The van der Waals surface area contributed by atoms with Crippen molar-refractivity contribution in [3.05, 3.63) is 22.1 Å². The van der Waals surface area contributed by atoms with Gasteiger partial charge in [0.2, 0.25) is 5.78 Å². The van der Waals surface area contributed by atoms with Gasteiger partial charge in [0.15, 0.2) is 6.10 Å². The van der Waals surface area contributed by atoms with Crippen molar-refractivity contribution in [3.63, 3.8) is 0 Å². The molecule has 112 valence electrons. The maximum absolute atomic E-state index is 11.7. The first-order valence-corrected chi connectivity index (χ1v) is 6.64. The number of aliphatic hydroxyl groups is 1. The highest BCUT2D eigenvalue weighted by atomic mass is 32.1. The molecule has 0 radical (unpaired) electrons. The first kappa shape index (κ1) is 16.6. The van der Waals surface area contributed by atoms with E-state index in [4.69, 9.17) is 10.6 Å². The average Bonchev–Trinajstić information content (AvgIpc) is 2.96. The second-order valence-electron chi connectivity index (χ2n) is 3.92. The van der Waals surface area contributed by atoms with E-state index in [1.807, 2.05) is 0 Å². The van der Waals surface area contributed by atoms with Crippen molar-refractivity contribution in [1.29, 1.82) is 0 Å². The van der Waals surface area contributed by atoms with Crippen molar-refractivity contribution in [3.8, 4) is 0 Å². The summed E-state index contributed by atoms with van der Waals surface area (Å²) in [4.78, 5) is 40.1. The van der Waals surface area contributed by atoms with Crippen LogP contribution in [0.4, 0.5) is 0 Å². The number of hydrogen-bond donors (Lipinski definition) is 3. The molecule has 0 aliphatic carbocycles. The van der Waals surface area contributed by atoms with Crippen LogP contribution < -0.4 is 5.32 Å². The molecule has 1 amide bonds. The van der Waals surface area contributed by atoms with Crippen LogP contribution in [0.15, 0.2) is 11.6 Å². The number of aliphatic hydroxyl groups excluding tert-OH is 1. The molecule has 10 heteroatoms. The van der Waals surface area contributed by atoms with E-state index in [0.717, 1.165) is 11.3 Å². The average molecular weight is 312 g/mol. The zero-order valence-corrected chi connectivity index (χ0v) is 11.5. The summed E-state index contributed by atoms with van der Waals surface area (Å²) in [6.45, 7) is 0. The molecular formula is C11H12N4O5S. The molecule has 0 saturated heterocycles. The summed E-state index contributed by atoms with van der Waals surface area (Å²) in [5.41, 5.74) is 8.16. The van der Waals surface area contributed by atoms with Crippen LogP contribution >= 0.6 is 11.3 Å². The number of carbonyl (C=O) groups is 3. The topological polar surface area (TPSA) is 153 Å². The molecule has 0 aliphatic rings. The summed E-state index contributed by atoms with van der Waals surface area (Å²) >= 11 is 1.05. The number of aromatic nitrogens is 1. The van der Waals surface area contributed by atoms with Gasteiger partial charge >= 0.3 is 12.2 Å². The molecule has 0 aromatic carbocycles. The van der Waals surface area contributed by atoms with Crippen LogP contribution in [0.1, 0.15) is 24.0 Å². The van der Waals surface area contributed by atoms with Crippen molar-refractivity contribution in [1.82, 2.24) is 10.3 Å².